The first kappa shape index (κ1) is 22.2. The van der Waals surface area contributed by atoms with Gasteiger partial charge >= 0.3 is 0 Å². The lowest BCUT2D eigenvalue weighted by Crippen LogP contribution is -2.55. The van der Waals surface area contributed by atoms with Crippen molar-refractivity contribution >= 4 is 0 Å². The summed E-state index contributed by atoms with van der Waals surface area (Å²) in [7, 11) is 0. The van der Waals surface area contributed by atoms with Crippen LogP contribution in [0.1, 0.15) is 119 Å². The van der Waals surface area contributed by atoms with Crippen LogP contribution in [-0.4, -0.2) is 10.7 Å². The first-order valence-corrected chi connectivity index (χ1v) is 13.3. The summed E-state index contributed by atoms with van der Waals surface area (Å²) in [5.74, 6) is 6.41. The molecule has 0 aromatic carbocycles. The van der Waals surface area contributed by atoms with Gasteiger partial charge in [0.05, 0.1) is 5.60 Å². The molecule has 4 rings (SSSR count). The van der Waals surface area contributed by atoms with Gasteiger partial charge < -0.3 is 5.11 Å². The fourth-order valence-corrected chi connectivity index (χ4v) is 9.46. The quantitative estimate of drug-likeness (QED) is 0.496. The van der Waals surface area contributed by atoms with E-state index in [4.69, 9.17) is 0 Å². The third kappa shape index (κ3) is 3.85. The van der Waals surface area contributed by atoms with Crippen molar-refractivity contribution in [3.8, 4) is 0 Å². The molecule has 1 heteroatoms. The molecule has 1 N–H and O–H groups in total. The van der Waals surface area contributed by atoms with Gasteiger partial charge in [-0.1, -0.05) is 53.9 Å². The molecule has 29 heavy (non-hydrogen) atoms. The van der Waals surface area contributed by atoms with Gasteiger partial charge in [-0.2, -0.15) is 0 Å². The molecule has 4 aliphatic rings. The standard InChI is InChI=1S/C28H50O/c1-19(2)8-7-9-20(3)23-12-13-24-22-11-10-21-18-26(4,29)16-17-27(21,5)25(22)14-15-28(23,24)6/h19-25,29H,7-18H2,1-6H3/t20-,21+,22+,23+,24-,25+,26+,27+,28+/m1/s1. The average Bonchev–Trinajstić information content (AvgIpc) is 2.99. The van der Waals surface area contributed by atoms with Crippen molar-refractivity contribution < 1.29 is 5.11 Å². The van der Waals surface area contributed by atoms with Gasteiger partial charge in [0.15, 0.2) is 0 Å². The second kappa shape index (κ2) is 7.83. The molecule has 0 spiro atoms. The van der Waals surface area contributed by atoms with Gasteiger partial charge in [-0.05, 0) is 117 Å². The summed E-state index contributed by atoms with van der Waals surface area (Å²) in [6.45, 7) is 14.8. The van der Waals surface area contributed by atoms with Crippen LogP contribution in [0.4, 0.5) is 0 Å². The third-order valence-corrected chi connectivity index (χ3v) is 11.2. The largest absolute Gasteiger partial charge is 0.390 e. The first-order valence-electron chi connectivity index (χ1n) is 13.3. The van der Waals surface area contributed by atoms with E-state index in [9.17, 15) is 5.11 Å². The van der Waals surface area contributed by atoms with E-state index in [0.29, 0.717) is 10.8 Å². The van der Waals surface area contributed by atoms with Crippen LogP contribution in [0.25, 0.3) is 0 Å². The maximum atomic E-state index is 10.7. The lowest BCUT2D eigenvalue weighted by molar-refractivity contribution is -0.148. The number of hydrogen-bond acceptors (Lipinski definition) is 1. The smallest absolute Gasteiger partial charge is 0.0622 e. The molecule has 0 aromatic rings. The van der Waals surface area contributed by atoms with E-state index in [1.807, 2.05) is 0 Å². The molecule has 0 radical (unpaired) electrons. The second-order valence-corrected chi connectivity index (χ2v) is 13.4. The van der Waals surface area contributed by atoms with Crippen LogP contribution in [0.15, 0.2) is 0 Å². The molecule has 4 aliphatic carbocycles. The summed E-state index contributed by atoms with van der Waals surface area (Å²) in [4.78, 5) is 0. The van der Waals surface area contributed by atoms with Crippen LogP contribution in [0, 0.1) is 52.3 Å². The molecular weight excluding hydrogens is 352 g/mol. The Morgan fingerprint density at radius 1 is 0.793 bits per heavy atom. The number of fused-ring (bicyclic) bond motifs is 5. The van der Waals surface area contributed by atoms with Crippen molar-refractivity contribution in [1.82, 2.24) is 0 Å². The Hall–Kier alpha value is -0.0400. The van der Waals surface area contributed by atoms with E-state index in [1.54, 1.807) is 0 Å². The Bertz CT molecular complexity index is 579. The molecule has 0 saturated heterocycles. The van der Waals surface area contributed by atoms with E-state index < -0.39 is 5.60 Å². The van der Waals surface area contributed by atoms with Crippen molar-refractivity contribution in [2.75, 3.05) is 0 Å². The summed E-state index contributed by atoms with van der Waals surface area (Å²) in [6, 6.07) is 0. The van der Waals surface area contributed by atoms with Crippen LogP contribution < -0.4 is 0 Å². The Morgan fingerprint density at radius 2 is 1.52 bits per heavy atom. The molecule has 0 bridgehead atoms. The predicted octanol–water partition coefficient (Wildman–Crippen LogP) is 7.86. The van der Waals surface area contributed by atoms with Gasteiger partial charge in [0.2, 0.25) is 0 Å². The van der Waals surface area contributed by atoms with Gasteiger partial charge in [-0.3, -0.25) is 0 Å². The topological polar surface area (TPSA) is 20.2 Å². The first-order chi connectivity index (χ1) is 13.6. The molecule has 1 nitrogen and oxygen atoms in total. The van der Waals surface area contributed by atoms with Crippen LogP contribution in [0.2, 0.25) is 0 Å². The van der Waals surface area contributed by atoms with Gasteiger partial charge in [0.25, 0.3) is 0 Å². The number of aliphatic hydroxyl groups is 1. The lowest BCUT2D eigenvalue weighted by atomic mass is 9.43. The zero-order valence-corrected chi connectivity index (χ0v) is 20.5. The zero-order valence-electron chi connectivity index (χ0n) is 20.5. The summed E-state index contributed by atoms with van der Waals surface area (Å²) in [5, 5.41) is 10.7. The van der Waals surface area contributed by atoms with E-state index in [-0.39, 0.29) is 0 Å². The summed E-state index contributed by atoms with van der Waals surface area (Å²) < 4.78 is 0. The molecule has 0 heterocycles. The van der Waals surface area contributed by atoms with Crippen molar-refractivity contribution in [2.24, 2.45) is 52.3 Å². The van der Waals surface area contributed by atoms with E-state index >= 15 is 0 Å². The van der Waals surface area contributed by atoms with Crippen LogP contribution in [-0.2, 0) is 0 Å². The fourth-order valence-electron chi connectivity index (χ4n) is 9.46. The van der Waals surface area contributed by atoms with Gasteiger partial charge in [0.1, 0.15) is 0 Å². The van der Waals surface area contributed by atoms with Gasteiger partial charge in [0, 0.05) is 0 Å². The maximum Gasteiger partial charge on any atom is 0.0622 e. The van der Waals surface area contributed by atoms with Gasteiger partial charge in [-0.15, -0.1) is 0 Å². The molecule has 4 saturated carbocycles. The monoisotopic (exact) mass is 402 g/mol. The molecule has 0 amide bonds. The average molecular weight is 403 g/mol. The Labute approximate surface area is 181 Å². The Balaban J connectivity index is 1.46. The Morgan fingerprint density at radius 3 is 2.24 bits per heavy atom. The van der Waals surface area contributed by atoms with Crippen molar-refractivity contribution in [3.05, 3.63) is 0 Å². The highest BCUT2D eigenvalue weighted by Gasteiger charge is 2.61. The van der Waals surface area contributed by atoms with Crippen molar-refractivity contribution in [2.45, 2.75) is 124 Å². The third-order valence-electron chi connectivity index (χ3n) is 11.2. The van der Waals surface area contributed by atoms with Gasteiger partial charge in [-0.25, -0.2) is 0 Å². The highest BCUT2D eigenvalue weighted by molar-refractivity contribution is 5.10. The zero-order chi connectivity index (χ0) is 21.0. The van der Waals surface area contributed by atoms with Crippen LogP contribution in [0.3, 0.4) is 0 Å². The highest BCUT2D eigenvalue weighted by atomic mass is 16.3. The van der Waals surface area contributed by atoms with E-state index in [0.717, 1.165) is 54.3 Å². The van der Waals surface area contributed by atoms with E-state index in [2.05, 4.69) is 41.5 Å². The highest BCUT2D eigenvalue weighted by Crippen LogP contribution is 2.68. The molecule has 168 valence electrons. The SMILES string of the molecule is CC(C)CCC[C@@H](C)[C@@H]1CC[C@@H]2[C@@H]3CC[C@H]4C[C@@](C)(O)CC[C@]4(C)[C@H]3CC[C@]21C. The molecule has 0 aromatic heterocycles. The predicted molar refractivity (Wildman–Crippen MR) is 124 cm³/mol. The summed E-state index contributed by atoms with van der Waals surface area (Å²) in [6.07, 6.45) is 16.5. The molecule has 0 unspecified atom stereocenters. The molecular formula is C28H50O. The summed E-state index contributed by atoms with van der Waals surface area (Å²) in [5.41, 5.74) is 0.722. The maximum absolute atomic E-state index is 10.7. The minimum atomic E-state index is -0.399. The second-order valence-electron chi connectivity index (χ2n) is 13.4. The number of rotatable bonds is 5. The van der Waals surface area contributed by atoms with Crippen LogP contribution in [0.5, 0.6) is 0 Å². The summed E-state index contributed by atoms with van der Waals surface area (Å²) >= 11 is 0. The molecule has 4 fully saturated rings. The normalized spacial score (nSPS) is 50.7. The van der Waals surface area contributed by atoms with Crippen molar-refractivity contribution in [3.63, 3.8) is 0 Å². The molecule has 9 atom stereocenters. The number of hydrogen-bond donors (Lipinski definition) is 1. The molecule has 0 aliphatic heterocycles. The van der Waals surface area contributed by atoms with Crippen LogP contribution >= 0.6 is 0 Å². The minimum absolute atomic E-state index is 0.399. The fraction of sp³-hybridized carbons (Fsp3) is 1.00. The Kier molecular flexibility index (Phi) is 5.98. The lowest BCUT2D eigenvalue weighted by Gasteiger charge is -2.62. The minimum Gasteiger partial charge on any atom is -0.390 e. The van der Waals surface area contributed by atoms with Crippen molar-refractivity contribution in [1.29, 1.82) is 0 Å². The van der Waals surface area contributed by atoms with E-state index in [1.165, 1.54) is 64.2 Å².